The van der Waals surface area contributed by atoms with E-state index in [1.54, 1.807) is 12.1 Å². The molecule has 2 aromatic rings. The molecule has 3 rings (SSSR count). The van der Waals surface area contributed by atoms with E-state index in [0.717, 1.165) is 17.7 Å². The number of hydrazine groups is 1. The topological polar surface area (TPSA) is 85.9 Å². The maximum atomic E-state index is 13.5. The standard InChI is InChI=1S/C22H23FN2O5/c1-3-28-19-12-16-10-14(2)30-20(16)11-15(19)8-9-21(26)24-25-22(27)13-29-18-7-5-4-6-17(18)23/h4-9,11-12,14H,3,10,13H2,1-2H3,(H,24,26)(H,25,27)/b9-8+/t14-/m1/s1. The molecule has 30 heavy (non-hydrogen) atoms. The molecule has 2 N–H and O–H groups in total. The number of fused-ring (bicyclic) bond motifs is 1. The largest absolute Gasteiger partial charge is 0.493 e. The van der Waals surface area contributed by atoms with Crippen LogP contribution < -0.4 is 25.1 Å². The third-order valence-corrected chi connectivity index (χ3v) is 4.26. The Morgan fingerprint density at radius 2 is 2.00 bits per heavy atom. The van der Waals surface area contributed by atoms with Crippen LogP contribution in [0.3, 0.4) is 0 Å². The molecule has 1 heterocycles. The Bertz CT molecular complexity index is 961. The van der Waals surface area contributed by atoms with Crippen molar-refractivity contribution in [2.75, 3.05) is 13.2 Å². The molecule has 0 bridgehead atoms. The Morgan fingerprint density at radius 1 is 1.20 bits per heavy atom. The average molecular weight is 414 g/mol. The van der Waals surface area contributed by atoms with Crippen LogP contribution in [0.5, 0.6) is 17.2 Å². The highest BCUT2D eigenvalue weighted by atomic mass is 19.1. The lowest BCUT2D eigenvalue weighted by atomic mass is 10.1. The molecule has 0 unspecified atom stereocenters. The number of rotatable bonds is 7. The van der Waals surface area contributed by atoms with Gasteiger partial charge in [-0.3, -0.25) is 20.4 Å². The van der Waals surface area contributed by atoms with Crippen LogP contribution in [0.1, 0.15) is 25.0 Å². The fraction of sp³-hybridized carbons (Fsp3) is 0.273. The first-order valence-electron chi connectivity index (χ1n) is 9.57. The third kappa shape index (κ3) is 5.50. The smallest absolute Gasteiger partial charge is 0.276 e. The highest BCUT2D eigenvalue weighted by molar-refractivity contribution is 5.93. The number of nitrogens with one attached hydrogen (secondary N) is 2. The lowest BCUT2D eigenvalue weighted by molar-refractivity contribution is -0.128. The zero-order chi connectivity index (χ0) is 21.5. The van der Waals surface area contributed by atoms with E-state index in [9.17, 15) is 14.0 Å². The summed E-state index contributed by atoms with van der Waals surface area (Å²) in [6.07, 6.45) is 3.75. The molecule has 2 aromatic carbocycles. The molecule has 0 saturated carbocycles. The first kappa shape index (κ1) is 21.2. The van der Waals surface area contributed by atoms with Gasteiger partial charge in [-0.15, -0.1) is 0 Å². The van der Waals surface area contributed by atoms with Crippen molar-refractivity contribution in [3.63, 3.8) is 0 Å². The van der Waals surface area contributed by atoms with Crippen LogP contribution >= 0.6 is 0 Å². The average Bonchev–Trinajstić information content (AvgIpc) is 3.09. The number of para-hydroxylation sites is 1. The number of carbonyl (C=O) groups is 2. The maximum absolute atomic E-state index is 13.5. The number of hydrogen-bond donors (Lipinski definition) is 2. The van der Waals surface area contributed by atoms with Crippen molar-refractivity contribution in [1.82, 2.24) is 10.9 Å². The van der Waals surface area contributed by atoms with Crippen molar-refractivity contribution in [3.8, 4) is 17.2 Å². The van der Waals surface area contributed by atoms with Gasteiger partial charge < -0.3 is 14.2 Å². The number of amides is 2. The molecule has 158 valence electrons. The van der Waals surface area contributed by atoms with Crippen LogP contribution in [0.25, 0.3) is 6.08 Å². The Hall–Kier alpha value is -3.55. The summed E-state index contributed by atoms with van der Waals surface area (Å²) in [6.45, 7) is 3.91. The van der Waals surface area contributed by atoms with Crippen molar-refractivity contribution < 1.29 is 28.2 Å². The van der Waals surface area contributed by atoms with Gasteiger partial charge in [0.25, 0.3) is 11.8 Å². The fourth-order valence-corrected chi connectivity index (χ4v) is 2.95. The van der Waals surface area contributed by atoms with E-state index >= 15 is 0 Å². The molecule has 2 amide bonds. The minimum Gasteiger partial charge on any atom is -0.493 e. The second-order valence-electron chi connectivity index (χ2n) is 6.65. The zero-order valence-electron chi connectivity index (χ0n) is 16.7. The second kappa shape index (κ2) is 9.78. The molecule has 8 heteroatoms. The monoisotopic (exact) mass is 414 g/mol. The molecule has 1 aliphatic heterocycles. The normalized spacial score (nSPS) is 14.7. The first-order chi connectivity index (χ1) is 14.5. The van der Waals surface area contributed by atoms with Gasteiger partial charge in [0.1, 0.15) is 17.6 Å². The van der Waals surface area contributed by atoms with Gasteiger partial charge in [-0.05, 0) is 44.2 Å². The fourth-order valence-electron chi connectivity index (χ4n) is 2.95. The number of carbonyl (C=O) groups excluding carboxylic acids is 2. The third-order valence-electron chi connectivity index (χ3n) is 4.26. The van der Waals surface area contributed by atoms with Crippen molar-refractivity contribution in [2.24, 2.45) is 0 Å². The highest BCUT2D eigenvalue weighted by Gasteiger charge is 2.21. The summed E-state index contributed by atoms with van der Waals surface area (Å²) < 4.78 is 29.9. The molecule has 1 atom stereocenters. The molecular formula is C22H23FN2O5. The van der Waals surface area contributed by atoms with Gasteiger partial charge in [0, 0.05) is 23.6 Å². The predicted molar refractivity (Wildman–Crippen MR) is 109 cm³/mol. The van der Waals surface area contributed by atoms with Crippen LogP contribution in [0.15, 0.2) is 42.5 Å². The number of ether oxygens (including phenoxy) is 3. The number of hydrogen-bond acceptors (Lipinski definition) is 5. The van der Waals surface area contributed by atoms with Gasteiger partial charge in [0.05, 0.1) is 6.61 Å². The van der Waals surface area contributed by atoms with E-state index in [0.29, 0.717) is 17.9 Å². The lowest BCUT2D eigenvalue weighted by Gasteiger charge is -2.10. The molecule has 0 radical (unpaired) electrons. The molecule has 0 saturated heterocycles. The molecule has 0 aromatic heterocycles. The number of benzene rings is 2. The SMILES string of the molecule is CCOc1cc2c(cc1/C=C/C(=O)NNC(=O)COc1ccccc1F)O[C@H](C)C2. The van der Waals surface area contributed by atoms with E-state index in [4.69, 9.17) is 14.2 Å². The van der Waals surface area contributed by atoms with E-state index in [1.807, 2.05) is 26.0 Å². The van der Waals surface area contributed by atoms with Crippen LogP contribution in [-0.4, -0.2) is 31.1 Å². The summed E-state index contributed by atoms with van der Waals surface area (Å²) in [5, 5.41) is 0. The lowest BCUT2D eigenvalue weighted by Crippen LogP contribution is -2.43. The first-order valence-corrected chi connectivity index (χ1v) is 9.57. The zero-order valence-corrected chi connectivity index (χ0v) is 16.7. The molecule has 0 spiro atoms. The van der Waals surface area contributed by atoms with E-state index in [-0.39, 0.29) is 11.9 Å². The number of halogens is 1. The molecule has 0 aliphatic carbocycles. The summed E-state index contributed by atoms with van der Waals surface area (Å²) in [5.41, 5.74) is 6.20. The maximum Gasteiger partial charge on any atom is 0.276 e. The van der Waals surface area contributed by atoms with Gasteiger partial charge in [-0.2, -0.15) is 0 Å². The van der Waals surface area contributed by atoms with Crippen LogP contribution in [0.2, 0.25) is 0 Å². The molecule has 7 nitrogen and oxygen atoms in total. The Morgan fingerprint density at radius 3 is 2.77 bits per heavy atom. The van der Waals surface area contributed by atoms with Crippen LogP contribution in [-0.2, 0) is 16.0 Å². The second-order valence-corrected chi connectivity index (χ2v) is 6.65. The summed E-state index contributed by atoms with van der Waals surface area (Å²) in [6, 6.07) is 9.47. The van der Waals surface area contributed by atoms with Crippen LogP contribution in [0.4, 0.5) is 4.39 Å². The quantitative estimate of drug-likeness (QED) is 0.538. The predicted octanol–water partition coefficient (Wildman–Crippen LogP) is 2.79. The van der Waals surface area contributed by atoms with Crippen molar-refractivity contribution >= 4 is 17.9 Å². The van der Waals surface area contributed by atoms with Crippen LogP contribution in [0, 0.1) is 5.82 Å². The van der Waals surface area contributed by atoms with Crippen molar-refractivity contribution in [2.45, 2.75) is 26.4 Å². The van der Waals surface area contributed by atoms with Gasteiger partial charge >= 0.3 is 0 Å². The summed E-state index contributed by atoms with van der Waals surface area (Å²) in [5.74, 6) is -0.378. The van der Waals surface area contributed by atoms with Crippen molar-refractivity contribution in [1.29, 1.82) is 0 Å². The van der Waals surface area contributed by atoms with Gasteiger partial charge in [0.15, 0.2) is 18.2 Å². The van der Waals surface area contributed by atoms with E-state index < -0.39 is 24.2 Å². The summed E-state index contributed by atoms with van der Waals surface area (Å²) in [4.78, 5) is 23.8. The van der Waals surface area contributed by atoms with E-state index in [2.05, 4.69) is 10.9 Å². The van der Waals surface area contributed by atoms with Gasteiger partial charge in [-0.25, -0.2) is 4.39 Å². The Kier molecular flexibility index (Phi) is 6.90. The Balaban J connectivity index is 1.54. The van der Waals surface area contributed by atoms with Crippen molar-refractivity contribution in [3.05, 3.63) is 59.4 Å². The van der Waals surface area contributed by atoms with Gasteiger partial charge in [-0.1, -0.05) is 12.1 Å². The molecule has 1 aliphatic rings. The summed E-state index contributed by atoms with van der Waals surface area (Å²) in [7, 11) is 0. The highest BCUT2D eigenvalue weighted by Crippen LogP contribution is 2.35. The summed E-state index contributed by atoms with van der Waals surface area (Å²) >= 11 is 0. The Labute approximate surface area is 173 Å². The minimum atomic E-state index is -0.630. The van der Waals surface area contributed by atoms with E-state index in [1.165, 1.54) is 24.3 Å². The van der Waals surface area contributed by atoms with Gasteiger partial charge in [0.2, 0.25) is 0 Å². The molecule has 0 fully saturated rings. The molecular weight excluding hydrogens is 391 g/mol. The minimum absolute atomic E-state index is 0.0459.